The molecular formula is C14H21N3O3S. The molecule has 2 heterocycles. The van der Waals surface area contributed by atoms with Gasteiger partial charge in [-0.1, -0.05) is 0 Å². The molecule has 7 heteroatoms. The van der Waals surface area contributed by atoms with E-state index >= 15 is 0 Å². The van der Waals surface area contributed by atoms with Gasteiger partial charge in [0, 0.05) is 25.3 Å². The normalized spacial score (nSPS) is 26.3. The smallest absolute Gasteiger partial charge is 0.242 e. The number of hydrogen-bond donors (Lipinski definition) is 2. The summed E-state index contributed by atoms with van der Waals surface area (Å²) in [7, 11) is -3.46. The van der Waals surface area contributed by atoms with Crippen LogP contribution < -0.4 is 9.62 Å². The molecule has 2 atom stereocenters. The predicted molar refractivity (Wildman–Crippen MR) is 79.6 cm³/mol. The molecule has 0 unspecified atom stereocenters. The Morgan fingerprint density at radius 2 is 2.19 bits per heavy atom. The summed E-state index contributed by atoms with van der Waals surface area (Å²) >= 11 is 0. The van der Waals surface area contributed by atoms with Crippen molar-refractivity contribution in [2.75, 3.05) is 18.0 Å². The van der Waals surface area contributed by atoms with Gasteiger partial charge >= 0.3 is 0 Å². The molecule has 0 amide bonds. The van der Waals surface area contributed by atoms with Crippen molar-refractivity contribution in [1.29, 1.82) is 0 Å². The number of aliphatic hydroxyl groups excluding tert-OH is 1. The Labute approximate surface area is 125 Å². The van der Waals surface area contributed by atoms with Gasteiger partial charge in [-0.25, -0.2) is 18.1 Å². The van der Waals surface area contributed by atoms with Crippen molar-refractivity contribution in [3.05, 3.63) is 18.3 Å². The highest BCUT2D eigenvalue weighted by Gasteiger charge is 2.29. The van der Waals surface area contributed by atoms with Crippen LogP contribution in [0.5, 0.6) is 0 Å². The Bertz CT molecular complexity index is 598. The molecule has 1 saturated carbocycles. The van der Waals surface area contributed by atoms with Crippen molar-refractivity contribution in [1.82, 2.24) is 9.71 Å². The maximum absolute atomic E-state index is 12.1. The van der Waals surface area contributed by atoms with E-state index in [9.17, 15) is 13.5 Å². The summed E-state index contributed by atoms with van der Waals surface area (Å²) in [6, 6.07) is 3.50. The number of sulfonamides is 1. The van der Waals surface area contributed by atoms with E-state index in [1.165, 1.54) is 6.20 Å². The molecule has 2 fully saturated rings. The van der Waals surface area contributed by atoms with Gasteiger partial charge in [0.1, 0.15) is 10.7 Å². The van der Waals surface area contributed by atoms with Crippen molar-refractivity contribution >= 4 is 15.8 Å². The first-order valence-electron chi connectivity index (χ1n) is 7.36. The van der Waals surface area contributed by atoms with Crippen molar-refractivity contribution in [3.63, 3.8) is 0 Å². The van der Waals surface area contributed by atoms with Crippen LogP contribution in [0.3, 0.4) is 0 Å². The summed E-state index contributed by atoms with van der Waals surface area (Å²) in [6.07, 6.45) is 3.97. The largest absolute Gasteiger partial charge is 0.391 e. The minimum atomic E-state index is -3.46. The summed E-state index contributed by atoms with van der Waals surface area (Å²) in [6.45, 7) is 3.08. The van der Waals surface area contributed by atoms with Crippen molar-refractivity contribution in [3.8, 4) is 0 Å². The summed E-state index contributed by atoms with van der Waals surface area (Å²) in [5, 5.41) is 9.67. The Kier molecular flexibility index (Phi) is 3.90. The van der Waals surface area contributed by atoms with Gasteiger partial charge < -0.3 is 10.0 Å². The minimum Gasteiger partial charge on any atom is -0.391 e. The molecule has 116 valence electrons. The summed E-state index contributed by atoms with van der Waals surface area (Å²) in [5.74, 6) is 1.21. The van der Waals surface area contributed by atoms with Crippen LogP contribution in [0.25, 0.3) is 0 Å². The lowest BCUT2D eigenvalue weighted by atomic mass is 10.2. The molecule has 1 saturated heterocycles. The molecule has 2 N–H and O–H groups in total. The maximum atomic E-state index is 12.1. The first-order chi connectivity index (χ1) is 9.95. The standard InChI is InChI=1S/C14H21N3O3S/c1-10-6-12(18)9-17(10)14-5-4-13(8-15-14)21(19,20)16-7-11-2-3-11/h4-5,8,10-12,16,18H,2-3,6-7,9H2,1H3/t10-,12+/m0/s1. The number of rotatable bonds is 5. The maximum Gasteiger partial charge on any atom is 0.242 e. The summed E-state index contributed by atoms with van der Waals surface area (Å²) in [5.41, 5.74) is 0. The Balaban J connectivity index is 1.71. The van der Waals surface area contributed by atoms with Crippen LogP contribution in [0.15, 0.2) is 23.2 Å². The molecule has 1 aromatic rings. The second kappa shape index (κ2) is 5.55. The molecule has 1 aliphatic heterocycles. The van der Waals surface area contributed by atoms with Crippen LogP contribution in [-0.4, -0.2) is 43.7 Å². The molecule has 6 nitrogen and oxygen atoms in total. The number of anilines is 1. The second-order valence-electron chi connectivity index (χ2n) is 6.04. The summed E-state index contributed by atoms with van der Waals surface area (Å²) < 4.78 is 26.8. The number of aliphatic hydroxyl groups is 1. The van der Waals surface area contributed by atoms with Crippen LogP contribution in [-0.2, 0) is 10.0 Å². The van der Waals surface area contributed by atoms with E-state index in [0.29, 0.717) is 31.2 Å². The average molecular weight is 311 g/mol. The molecule has 1 aliphatic carbocycles. The molecule has 0 radical (unpaired) electrons. The van der Waals surface area contributed by atoms with Crippen molar-refractivity contribution in [2.45, 2.75) is 43.2 Å². The van der Waals surface area contributed by atoms with Gasteiger partial charge in [0.25, 0.3) is 0 Å². The second-order valence-corrected chi connectivity index (χ2v) is 7.81. The fourth-order valence-corrected chi connectivity index (χ4v) is 3.72. The first kappa shape index (κ1) is 14.7. The number of nitrogens with one attached hydrogen (secondary N) is 1. The highest BCUT2D eigenvalue weighted by atomic mass is 32.2. The minimum absolute atomic E-state index is 0.194. The van der Waals surface area contributed by atoms with Gasteiger partial charge in [-0.2, -0.15) is 0 Å². The van der Waals surface area contributed by atoms with E-state index in [2.05, 4.69) is 9.71 Å². The molecule has 3 rings (SSSR count). The van der Waals surface area contributed by atoms with E-state index in [1.54, 1.807) is 12.1 Å². The number of β-amino-alcohol motifs (C(OH)–C–C–N with tert-alkyl or cyclic N) is 1. The van der Waals surface area contributed by atoms with Crippen LogP contribution in [0, 0.1) is 5.92 Å². The molecular weight excluding hydrogens is 290 g/mol. The Morgan fingerprint density at radius 3 is 2.71 bits per heavy atom. The summed E-state index contributed by atoms with van der Waals surface area (Å²) in [4.78, 5) is 6.44. The van der Waals surface area contributed by atoms with E-state index < -0.39 is 10.0 Å². The molecule has 0 aromatic carbocycles. The monoisotopic (exact) mass is 311 g/mol. The highest BCUT2D eigenvalue weighted by molar-refractivity contribution is 7.89. The third-order valence-corrected chi connectivity index (χ3v) is 5.55. The van der Waals surface area contributed by atoms with Crippen LogP contribution in [0.1, 0.15) is 26.2 Å². The van der Waals surface area contributed by atoms with Crippen LogP contribution in [0.4, 0.5) is 5.82 Å². The molecule has 0 spiro atoms. The Hall–Kier alpha value is -1.18. The van der Waals surface area contributed by atoms with E-state index in [4.69, 9.17) is 0 Å². The van der Waals surface area contributed by atoms with E-state index in [0.717, 1.165) is 12.8 Å². The lowest BCUT2D eigenvalue weighted by Crippen LogP contribution is -2.29. The van der Waals surface area contributed by atoms with E-state index in [-0.39, 0.29) is 17.0 Å². The third kappa shape index (κ3) is 3.36. The number of aromatic nitrogens is 1. The zero-order valence-corrected chi connectivity index (χ0v) is 12.9. The number of nitrogens with zero attached hydrogens (tertiary/aromatic N) is 2. The third-order valence-electron chi connectivity index (χ3n) is 4.14. The van der Waals surface area contributed by atoms with Gasteiger partial charge in [-0.05, 0) is 44.2 Å². The molecule has 2 aliphatic rings. The van der Waals surface area contributed by atoms with Gasteiger partial charge in [0.05, 0.1) is 6.10 Å². The lowest BCUT2D eigenvalue weighted by Gasteiger charge is -2.22. The topological polar surface area (TPSA) is 82.5 Å². The van der Waals surface area contributed by atoms with Crippen molar-refractivity contribution in [2.24, 2.45) is 5.92 Å². The van der Waals surface area contributed by atoms with E-state index in [1.807, 2.05) is 11.8 Å². The molecule has 0 bridgehead atoms. The number of hydrogen-bond acceptors (Lipinski definition) is 5. The highest BCUT2D eigenvalue weighted by Crippen LogP contribution is 2.28. The Morgan fingerprint density at radius 1 is 1.43 bits per heavy atom. The van der Waals surface area contributed by atoms with Gasteiger partial charge in [0.15, 0.2) is 0 Å². The SMILES string of the molecule is C[C@H]1C[C@@H](O)CN1c1ccc(S(=O)(=O)NCC2CC2)cn1. The molecule has 1 aromatic heterocycles. The molecule has 21 heavy (non-hydrogen) atoms. The fourth-order valence-electron chi connectivity index (χ4n) is 2.66. The fraction of sp³-hybridized carbons (Fsp3) is 0.643. The zero-order chi connectivity index (χ0) is 15.0. The van der Waals surface area contributed by atoms with Gasteiger partial charge in [-0.3, -0.25) is 0 Å². The quantitative estimate of drug-likeness (QED) is 0.838. The van der Waals surface area contributed by atoms with Gasteiger partial charge in [0.2, 0.25) is 10.0 Å². The first-order valence-corrected chi connectivity index (χ1v) is 8.84. The lowest BCUT2D eigenvalue weighted by molar-refractivity contribution is 0.195. The average Bonchev–Trinajstić information content (AvgIpc) is 3.21. The zero-order valence-electron chi connectivity index (χ0n) is 12.1. The van der Waals surface area contributed by atoms with Crippen molar-refractivity contribution < 1.29 is 13.5 Å². The van der Waals surface area contributed by atoms with Gasteiger partial charge in [-0.15, -0.1) is 0 Å². The number of pyridine rings is 1. The van der Waals surface area contributed by atoms with Crippen LogP contribution >= 0.6 is 0 Å². The van der Waals surface area contributed by atoms with Crippen LogP contribution in [0.2, 0.25) is 0 Å². The predicted octanol–water partition coefficient (Wildman–Crippen LogP) is 0.729.